The predicted molar refractivity (Wildman–Crippen MR) is 105 cm³/mol. The Morgan fingerprint density at radius 1 is 1.43 bits per heavy atom. The fourth-order valence-corrected chi connectivity index (χ4v) is 2.92. The van der Waals surface area contributed by atoms with E-state index in [2.05, 4.69) is 60.5 Å². The minimum absolute atomic E-state index is 0. The summed E-state index contributed by atoms with van der Waals surface area (Å²) in [6.07, 6.45) is 1.04. The van der Waals surface area contributed by atoms with Gasteiger partial charge in [-0.05, 0) is 39.6 Å². The van der Waals surface area contributed by atoms with Crippen LogP contribution >= 0.6 is 35.3 Å². The summed E-state index contributed by atoms with van der Waals surface area (Å²) < 4.78 is 0. The molecule has 0 aliphatic rings. The van der Waals surface area contributed by atoms with Crippen molar-refractivity contribution in [2.24, 2.45) is 4.99 Å². The Hall–Kier alpha value is -0.340. The van der Waals surface area contributed by atoms with Crippen molar-refractivity contribution in [1.82, 2.24) is 15.5 Å². The Bertz CT molecular complexity index is 420. The van der Waals surface area contributed by atoms with Crippen LogP contribution in [0.15, 0.2) is 17.1 Å². The lowest BCUT2D eigenvalue weighted by Gasteiger charge is -2.19. The van der Waals surface area contributed by atoms with Crippen molar-refractivity contribution >= 4 is 41.3 Å². The van der Waals surface area contributed by atoms with E-state index in [1.807, 2.05) is 18.4 Å². The van der Waals surface area contributed by atoms with Crippen LogP contribution in [0.5, 0.6) is 0 Å². The van der Waals surface area contributed by atoms with Crippen LogP contribution in [0.25, 0.3) is 0 Å². The van der Waals surface area contributed by atoms with Crippen LogP contribution in [-0.2, 0) is 6.42 Å². The van der Waals surface area contributed by atoms with Crippen molar-refractivity contribution in [2.75, 3.05) is 33.7 Å². The quantitative estimate of drug-likeness (QED) is 0.402. The standard InChI is InChI=1S/C15H28N4S.HI/c1-6-19(5)10-9-17-15(16-4)18-12(2)11-14-8-7-13(3)20-14;/h7-8,12H,6,9-11H2,1-5H3,(H2,16,17,18);1H. The highest BCUT2D eigenvalue weighted by atomic mass is 127. The van der Waals surface area contributed by atoms with Gasteiger partial charge in [-0.15, -0.1) is 35.3 Å². The Labute approximate surface area is 150 Å². The van der Waals surface area contributed by atoms with E-state index >= 15 is 0 Å². The van der Waals surface area contributed by atoms with E-state index in [-0.39, 0.29) is 24.0 Å². The molecule has 1 atom stereocenters. The Morgan fingerprint density at radius 2 is 2.14 bits per heavy atom. The second-order valence-electron chi connectivity index (χ2n) is 5.16. The van der Waals surface area contributed by atoms with Gasteiger partial charge < -0.3 is 15.5 Å². The maximum atomic E-state index is 4.28. The predicted octanol–water partition coefficient (Wildman–Crippen LogP) is 2.72. The first-order valence-electron chi connectivity index (χ1n) is 7.26. The zero-order valence-electron chi connectivity index (χ0n) is 13.8. The molecule has 1 heterocycles. The SMILES string of the molecule is CCN(C)CCNC(=NC)NC(C)Cc1ccc(C)s1.I. The zero-order chi connectivity index (χ0) is 15.0. The molecule has 0 radical (unpaired) electrons. The fraction of sp³-hybridized carbons (Fsp3) is 0.667. The van der Waals surface area contributed by atoms with Crippen LogP contribution in [0.4, 0.5) is 0 Å². The van der Waals surface area contributed by atoms with Gasteiger partial charge in [0.25, 0.3) is 0 Å². The molecule has 4 nitrogen and oxygen atoms in total. The van der Waals surface area contributed by atoms with E-state index in [1.54, 1.807) is 0 Å². The molecular formula is C15H29IN4S. The van der Waals surface area contributed by atoms with Gasteiger partial charge in [0.2, 0.25) is 0 Å². The Balaban J connectivity index is 0.00000400. The zero-order valence-corrected chi connectivity index (χ0v) is 16.9. The molecule has 0 aliphatic heterocycles. The molecule has 0 spiro atoms. The van der Waals surface area contributed by atoms with Crippen LogP contribution < -0.4 is 10.6 Å². The van der Waals surface area contributed by atoms with E-state index in [4.69, 9.17) is 0 Å². The molecule has 1 aromatic heterocycles. The molecular weight excluding hydrogens is 395 g/mol. The summed E-state index contributed by atoms with van der Waals surface area (Å²) in [7, 11) is 3.94. The fourth-order valence-electron chi connectivity index (χ4n) is 1.90. The highest BCUT2D eigenvalue weighted by Gasteiger charge is 2.07. The highest BCUT2D eigenvalue weighted by molar-refractivity contribution is 14.0. The summed E-state index contributed by atoms with van der Waals surface area (Å²) in [4.78, 5) is 9.35. The average Bonchev–Trinajstić information content (AvgIpc) is 2.82. The third-order valence-electron chi connectivity index (χ3n) is 3.24. The van der Waals surface area contributed by atoms with Crippen molar-refractivity contribution in [2.45, 2.75) is 33.2 Å². The van der Waals surface area contributed by atoms with E-state index < -0.39 is 0 Å². The van der Waals surface area contributed by atoms with Crippen LogP contribution in [-0.4, -0.2) is 50.6 Å². The topological polar surface area (TPSA) is 39.7 Å². The summed E-state index contributed by atoms with van der Waals surface area (Å²) >= 11 is 1.87. The van der Waals surface area contributed by atoms with Crippen LogP contribution in [0, 0.1) is 6.92 Å². The number of aryl methyl sites for hydroxylation is 1. The van der Waals surface area contributed by atoms with Crippen molar-refractivity contribution in [3.63, 3.8) is 0 Å². The summed E-state index contributed by atoms with van der Waals surface area (Å²) in [6.45, 7) is 9.52. The first-order chi connectivity index (χ1) is 9.55. The second-order valence-corrected chi connectivity index (χ2v) is 6.53. The largest absolute Gasteiger partial charge is 0.355 e. The maximum absolute atomic E-state index is 4.28. The normalized spacial score (nSPS) is 13.0. The van der Waals surface area contributed by atoms with E-state index in [1.165, 1.54) is 9.75 Å². The number of hydrogen-bond donors (Lipinski definition) is 2. The van der Waals surface area contributed by atoms with Gasteiger partial charge in [0.15, 0.2) is 5.96 Å². The third-order valence-corrected chi connectivity index (χ3v) is 4.26. The number of thiophene rings is 1. The second kappa shape index (κ2) is 11.3. The van der Waals surface area contributed by atoms with E-state index in [0.717, 1.165) is 32.0 Å². The molecule has 0 bridgehead atoms. The lowest BCUT2D eigenvalue weighted by atomic mass is 10.2. The molecule has 0 amide bonds. The molecule has 2 N–H and O–H groups in total. The lowest BCUT2D eigenvalue weighted by Crippen LogP contribution is -2.45. The summed E-state index contributed by atoms with van der Waals surface area (Å²) in [5.74, 6) is 0.885. The minimum Gasteiger partial charge on any atom is -0.355 e. The number of aliphatic imine (C=N–C) groups is 1. The highest BCUT2D eigenvalue weighted by Crippen LogP contribution is 2.16. The number of guanidine groups is 1. The number of nitrogens with one attached hydrogen (secondary N) is 2. The number of halogens is 1. The molecule has 6 heteroatoms. The molecule has 21 heavy (non-hydrogen) atoms. The van der Waals surface area contributed by atoms with Crippen molar-refractivity contribution < 1.29 is 0 Å². The number of nitrogens with zero attached hydrogens (tertiary/aromatic N) is 2. The Morgan fingerprint density at radius 3 is 2.67 bits per heavy atom. The molecule has 0 aliphatic carbocycles. The van der Waals surface area contributed by atoms with Crippen molar-refractivity contribution in [3.05, 3.63) is 21.9 Å². The molecule has 0 aromatic carbocycles. The summed E-state index contributed by atoms with van der Waals surface area (Å²) in [5.41, 5.74) is 0. The Kier molecular flexibility index (Phi) is 11.1. The lowest BCUT2D eigenvalue weighted by molar-refractivity contribution is 0.357. The van der Waals surface area contributed by atoms with Gasteiger partial charge in [-0.2, -0.15) is 0 Å². The number of likely N-dealkylation sites (N-methyl/N-ethyl adjacent to an activating group) is 1. The first kappa shape index (κ1) is 20.7. The first-order valence-corrected chi connectivity index (χ1v) is 8.07. The van der Waals surface area contributed by atoms with Gasteiger partial charge in [-0.3, -0.25) is 4.99 Å². The molecule has 122 valence electrons. The van der Waals surface area contributed by atoms with Gasteiger partial charge in [0.05, 0.1) is 0 Å². The van der Waals surface area contributed by atoms with Crippen LogP contribution in [0.1, 0.15) is 23.6 Å². The molecule has 1 unspecified atom stereocenters. The van der Waals surface area contributed by atoms with Crippen LogP contribution in [0.2, 0.25) is 0 Å². The van der Waals surface area contributed by atoms with Gasteiger partial charge in [0, 0.05) is 42.4 Å². The van der Waals surface area contributed by atoms with E-state index in [9.17, 15) is 0 Å². The summed E-state index contributed by atoms with van der Waals surface area (Å²) in [6, 6.07) is 4.77. The van der Waals surface area contributed by atoms with Crippen LogP contribution in [0.3, 0.4) is 0 Å². The summed E-state index contributed by atoms with van der Waals surface area (Å²) in [5, 5.41) is 6.80. The number of rotatable bonds is 7. The molecule has 0 saturated heterocycles. The maximum Gasteiger partial charge on any atom is 0.191 e. The van der Waals surface area contributed by atoms with E-state index in [0.29, 0.717) is 6.04 Å². The molecule has 0 fully saturated rings. The van der Waals surface area contributed by atoms with Gasteiger partial charge in [0.1, 0.15) is 0 Å². The molecule has 1 rings (SSSR count). The molecule has 0 saturated carbocycles. The van der Waals surface area contributed by atoms with Crippen molar-refractivity contribution in [3.8, 4) is 0 Å². The molecule has 1 aromatic rings. The monoisotopic (exact) mass is 424 g/mol. The third kappa shape index (κ3) is 8.63. The van der Waals surface area contributed by atoms with Gasteiger partial charge >= 0.3 is 0 Å². The van der Waals surface area contributed by atoms with Gasteiger partial charge in [-0.1, -0.05) is 6.92 Å². The smallest absolute Gasteiger partial charge is 0.191 e. The average molecular weight is 424 g/mol. The van der Waals surface area contributed by atoms with Gasteiger partial charge in [-0.25, -0.2) is 0 Å². The van der Waals surface area contributed by atoms with Crippen molar-refractivity contribution in [1.29, 1.82) is 0 Å². The number of hydrogen-bond acceptors (Lipinski definition) is 3. The minimum atomic E-state index is 0.